The molecule has 1 N–H and O–H groups in total. The number of hydrogen-bond donors (Lipinski definition) is 1. The number of anilines is 1. The summed E-state index contributed by atoms with van der Waals surface area (Å²) in [6.45, 7) is 9.90. The van der Waals surface area contributed by atoms with Gasteiger partial charge in [-0.2, -0.15) is 0 Å². The third-order valence-corrected chi connectivity index (χ3v) is 4.56. The van der Waals surface area contributed by atoms with Crippen LogP contribution in [0.4, 0.5) is 5.69 Å². The van der Waals surface area contributed by atoms with Crippen LogP contribution in [0.25, 0.3) is 0 Å². The Hall–Kier alpha value is -2.93. The lowest BCUT2D eigenvalue weighted by Gasteiger charge is -2.19. The SMILES string of the molecule is C=CCN(CC=C)C(=O)c1ccc(NC(=O)Cn2c(C)csc2=O)cc1. The largest absolute Gasteiger partial charge is 0.331 e. The average Bonchev–Trinajstić information content (AvgIpc) is 2.93. The van der Waals surface area contributed by atoms with Crippen LogP contribution in [0.1, 0.15) is 16.1 Å². The third-order valence-electron chi connectivity index (χ3n) is 3.68. The first-order valence-electron chi connectivity index (χ1n) is 8.02. The summed E-state index contributed by atoms with van der Waals surface area (Å²) in [5.41, 5.74) is 1.82. The highest BCUT2D eigenvalue weighted by molar-refractivity contribution is 7.07. The van der Waals surface area contributed by atoms with Gasteiger partial charge < -0.3 is 10.2 Å². The number of amides is 2. The van der Waals surface area contributed by atoms with E-state index in [1.54, 1.807) is 53.6 Å². The number of rotatable bonds is 8. The second kappa shape index (κ2) is 8.96. The van der Waals surface area contributed by atoms with Crippen molar-refractivity contribution in [2.45, 2.75) is 13.5 Å². The van der Waals surface area contributed by atoms with Crippen molar-refractivity contribution in [3.05, 3.63) is 75.9 Å². The lowest BCUT2D eigenvalue weighted by molar-refractivity contribution is -0.116. The first-order chi connectivity index (χ1) is 12.5. The Balaban J connectivity index is 2.03. The van der Waals surface area contributed by atoms with E-state index < -0.39 is 0 Å². The molecular weight excluding hydrogens is 350 g/mol. The monoisotopic (exact) mass is 371 g/mol. The number of nitrogens with one attached hydrogen (secondary N) is 1. The number of aryl methyl sites for hydroxylation is 1. The summed E-state index contributed by atoms with van der Waals surface area (Å²) in [5.74, 6) is -0.434. The van der Waals surface area contributed by atoms with Crippen molar-refractivity contribution in [2.24, 2.45) is 0 Å². The molecule has 0 fully saturated rings. The van der Waals surface area contributed by atoms with Gasteiger partial charge in [-0.25, -0.2) is 0 Å². The second-order valence-electron chi connectivity index (χ2n) is 5.64. The molecule has 0 unspecified atom stereocenters. The highest BCUT2D eigenvalue weighted by Gasteiger charge is 2.14. The number of nitrogens with zero attached hydrogens (tertiary/aromatic N) is 2. The molecule has 0 aliphatic carbocycles. The first kappa shape index (κ1) is 19.4. The zero-order valence-electron chi connectivity index (χ0n) is 14.6. The maximum atomic E-state index is 12.5. The molecule has 0 aliphatic rings. The van der Waals surface area contributed by atoms with Crippen molar-refractivity contribution >= 4 is 28.8 Å². The van der Waals surface area contributed by atoms with Crippen LogP contribution in [-0.2, 0) is 11.3 Å². The molecule has 2 rings (SSSR count). The average molecular weight is 371 g/mol. The van der Waals surface area contributed by atoms with Gasteiger partial charge in [0, 0.05) is 35.4 Å². The van der Waals surface area contributed by atoms with Gasteiger partial charge in [0.05, 0.1) is 0 Å². The Kier molecular flexibility index (Phi) is 6.68. The fourth-order valence-electron chi connectivity index (χ4n) is 2.37. The summed E-state index contributed by atoms with van der Waals surface area (Å²) in [6.07, 6.45) is 3.31. The molecule has 1 aromatic carbocycles. The molecule has 0 radical (unpaired) electrons. The highest BCUT2D eigenvalue weighted by Crippen LogP contribution is 2.12. The number of thiazole rings is 1. The standard InChI is InChI=1S/C19H21N3O3S/c1-4-10-21(11-5-2)18(24)15-6-8-16(9-7-15)20-17(23)12-22-14(3)13-26-19(22)25/h4-9,13H,1-2,10-12H2,3H3,(H,20,23). The fourth-order valence-corrected chi connectivity index (χ4v) is 3.11. The molecule has 1 aromatic heterocycles. The molecule has 1 heterocycles. The first-order valence-corrected chi connectivity index (χ1v) is 8.90. The molecule has 136 valence electrons. The molecule has 6 nitrogen and oxygen atoms in total. The van der Waals surface area contributed by atoms with Crippen LogP contribution in [0.15, 0.2) is 59.7 Å². The van der Waals surface area contributed by atoms with E-state index in [1.165, 1.54) is 4.57 Å². The van der Waals surface area contributed by atoms with E-state index in [4.69, 9.17) is 0 Å². The number of aromatic nitrogens is 1. The van der Waals surface area contributed by atoms with Crippen LogP contribution in [0.2, 0.25) is 0 Å². The van der Waals surface area contributed by atoms with Crippen molar-refractivity contribution < 1.29 is 9.59 Å². The highest BCUT2D eigenvalue weighted by atomic mass is 32.1. The van der Waals surface area contributed by atoms with Gasteiger partial charge in [0.25, 0.3) is 5.91 Å². The predicted octanol–water partition coefficient (Wildman–Crippen LogP) is 2.67. The van der Waals surface area contributed by atoms with Crippen molar-refractivity contribution in [1.29, 1.82) is 0 Å². The fraction of sp³-hybridized carbons (Fsp3) is 0.211. The van der Waals surface area contributed by atoms with Crippen LogP contribution in [0.3, 0.4) is 0 Å². The van der Waals surface area contributed by atoms with E-state index >= 15 is 0 Å². The summed E-state index contributed by atoms with van der Waals surface area (Å²) in [7, 11) is 0. The maximum absolute atomic E-state index is 12.5. The predicted molar refractivity (Wildman–Crippen MR) is 105 cm³/mol. The van der Waals surface area contributed by atoms with Crippen LogP contribution in [-0.4, -0.2) is 34.4 Å². The molecule has 0 saturated carbocycles. The Morgan fingerprint density at radius 1 is 1.19 bits per heavy atom. The lowest BCUT2D eigenvalue weighted by Crippen LogP contribution is -2.31. The van der Waals surface area contributed by atoms with Crippen LogP contribution < -0.4 is 10.2 Å². The number of benzene rings is 1. The zero-order valence-corrected chi connectivity index (χ0v) is 15.4. The number of carbonyl (C=O) groups is 2. The molecule has 0 atom stereocenters. The number of hydrogen-bond acceptors (Lipinski definition) is 4. The quantitative estimate of drug-likeness (QED) is 0.725. The number of carbonyl (C=O) groups excluding carboxylic acids is 2. The van der Waals surface area contributed by atoms with Crippen LogP contribution in [0, 0.1) is 6.92 Å². The van der Waals surface area contributed by atoms with E-state index in [2.05, 4.69) is 18.5 Å². The molecule has 26 heavy (non-hydrogen) atoms. The maximum Gasteiger partial charge on any atom is 0.307 e. The summed E-state index contributed by atoms with van der Waals surface area (Å²) >= 11 is 1.07. The summed E-state index contributed by atoms with van der Waals surface area (Å²) in [5, 5.41) is 4.45. The minimum atomic E-state index is -0.299. The van der Waals surface area contributed by atoms with E-state index in [-0.39, 0.29) is 23.2 Å². The van der Waals surface area contributed by atoms with Gasteiger partial charge in [-0.15, -0.1) is 13.2 Å². The summed E-state index contributed by atoms with van der Waals surface area (Å²) in [4.78, 5) is 37.7. The molecule has 0 saturated heterocycles. The van der Waals surface area contributed by atoms with E-state index in [9.17, 15) is 14.4 Å². The minimum absolute atomic E-state index is 0.0404. The normalized spacial score (nSPS) is 10.2. The summed E-state index contributed by atoms with van der Waals surface area (Å²) in [6, 6.07) is 6.63. The van der Waals surface area contributed by atoms with Gasteiger partial charge in [-0.1, -0.05) is 23.5 Å². The minimum Gasteiger partial charge on any atom is -0.331 e. The van der Waals surface area contributed by atoms with Crippen molar-refractivity contribution in [3.63, 3.8) is 0 Å². The van der Waals surface area contributed by atoms with Gasteiger partial charge in [0.15, 0.2) is 0 Å². The van der Waals surface area contributed by atoms with Gasteiger partial charge in [-0.3, -0.25) is 19.0 Å². The van der Waals surface area contributed by atoms with Gasteiger partial charge in [0.1, 0.15) is 6.54 Å². The Labute approximate surface area is 156 Å². The van der Waals surface area contributed by atoms with Crippen LogP contribution in [0.5, 0.6) is 0 Å². The Morgan fingerprint density at radius 3 is 2.31 bits per heavy atom. The third kappa shape index (κ3) is 4.80. The van der Waals surface area contributed by atoms with Gasteiger partial charge in [0.2, 0.25) is 5.91 Å². The molecular formula is C19H21N3O3S. The summed E-state index contributed by atoms with van der Waals surface area (Å²) < 4.78 is 1.42. The lowest BCUT2D eigenvalue weighted by atomic mass is 10.1. The van der Waals surface area contributed by atoms with Crippen molar-refractivity contribution in [1.82, 2.24) is 9.47 Å². The van der Waals surface area contributed by atoms with Crippen LogP contribution >= 0.6 is 11.3 Å². The molecule has 2 aromatic rings. The molecule has 0 bridgehead atoms. The van der Waals surface area contributed by atoms with Crippen molar-refractivity contribution in [2.75, 3.05) is 18.4 Å². The van der Waals surface area contributed by atoms with E-state index in [1.807, 2.05) is 0 Å². The van der Waals surface area contributed by atoms with E-state index in [0.29, 0.717) is 24.3 Å². The molecule has 2 amide bonds. The van der Waals surface area contributed by atoms with Gasteiger partial charge >= 0.3 is 4.87 Å². The van der Waals surface area contributed by atoms with E-state index in [0.717, 1.165) is 17.0 Å². The Bertz CT molecular complexity index is 855. The molecule has 7 heteroatoms. The smallest absolute Gasteiger partial charge is 0.307 e. The van der Waals surface area contributed by atoms with Gasteiger partial charge in [-0.05, 0) is 31.2 Å². The Morgan fingerprint density at radius 2 is 1.81 bits per heavy atom. The molecule has 0 aliphatic heterocycles. The molecule has 0 spiro atoms. The van der Waals surface area contributed by atoms with Crippen molar-refractivity contribution in [3.8, 4) is 0 Å². The zero-order chi connectivity index (χ0) is 19.1. The topological polar surface area (TPSA) is 71.4 Å². The second-order valence-corrected chi connectivity index (χ2v) is 6.46.